The Hall–Kier alpha value is -1.73. The summed E-state index contributed by atoms with van der Waals surface area (Å²) in [5, 5.41) is 10.6. The van der Waals surface area contributed by atoms with E-state index in [1.165, 1.54) is 12.3 Å². The molecule has 108 valence electrons. The van der Waals surface area contributed by atoms with E-state index >= 15 is 0 Å². The molecule has 2 unspecified atom stereocenters. The van der Waals surface area contributed by atoms with Crippen molar-refractivity contribution in [2.75, 3.05) is 19.7 Å². The first-order chi connectivity index (χ1) is 9.65. The van der Waals surface area contributed by atoms with Gasteiger partial charge < -0.3 is 9.72 Å². The van der Waals surface area contributed by atoms with Crippen LogP contribution in [0.3, 0.4) is 0 Å². The van der Waals surface area contributed by atoms with Crippen molar-refractivity contribution < 1.29 is 14.5 Å². The predicted octanol–water partition coefficient (Wildman–Crippen LogP) is 1.36. The Morgan fingerprint density at radius 1 is 1.55 bits per heavy atom. The number of H-pyrrole nitrogens is 1. The first kappa shape index (κ1) is 13.3. The Morgan fingerprint density at radius 2 is 2.40 bits per heavy atom. The fraction of sp³-hybridized carbons (Fsp3) is 0.615. The lowest BCUT2D eigenvalue weighted by Crippen LogP contribution is -2.50. The molecular formula is C13H17N3O4. The molecule has 0 radical (unpaired) electrons. The van der Waals surface area contributed by atoms with Crippen molar-refractivity contribution in [2.45, 2.75) is 31.4 Å². The van der Waals surface area contributed by atoms with Crippen LogP contribution in [0.5, 0.6) is 0 Å². The maximum Gasteiger partial charge on any atom is 0.287 e. The molecule has 20 heavy (non-hydrogen) atoms. The molecule has 3 rings (SSSR count). The van der Waals surface area contributed by atoms with Crippen molar-refractivity contribution in [2.24, 2.45) is 0 Å². The Kier molecular flexibility index (Phi) is 3.54. The number of carbonyl (C=O) groups excluding carboxylic acids is 1. The number of carbonyl (C=O) groups is 1. The van der Waals surface area contributed by atoms with E-state index in [2.05, 4.69) is 9.88 Å². The highest BCUT2D eigenvalue weighted by Crippen LogP contribution is 2.29. The number of ketones is 1. The number of Topliss-reactive ketones (excluding diaryl/α,β-unsaturated/α-hetero) is 1. The van der Waals surface area contributed by atoms with Gasteiger partial charge in [0.05, 0.1) is 36.1 Å². The molecule has 0 bridgehead atoms. The van der Waals surface area contributed by atoms with Crippen LogP contribution in [0.15, 0.2) is 12.3 Å². The second-order valence-corrected chi connectivity index (χ2v) is 5.33. The van der Waals surface area contributed by atoms with Crippen molar-refractivity contribution in [1.29, 1.82) is 0 Å². The van der Waals surface area contributed by atoms with Crippen molar-refractivity contribution in [3.63, 3.8) is 0 Å². The highest BCUT2D eigenvalue weighted by Gasteiger charge is 2.36. The van der Waals surface area contributed by atoms with E-state index in [0.29, 0.717) is 24.9 Å². The minimum Gasteiger partial charge on any atom is -0.375 e. The highest BCUT2D eigenvalue weighted by molar-refractivity contribution is 5.96. The number of rotatable bonds is 4. The summed E-state index contributed by atoms with van der Waals surface area (Å²) in [4.78, 5) is 27.2. The molecule has 7 nitrogen and oxygen atoms in total. The third kappa shape index (κ3) is 2.46. The minimum atomic E-state index is -0.505. The summed E-state index contributed by atoms with van der Waals surface area (Å²) >= 11 is 0. The molecule has 1 aromatic heterocycles. The summed E-state index contributed by atoms with van der Waals surface area (Å²) in [6.07, 6.45) is 4.75. The highest BCUT2D eigenvalue weighted by atomic mass is 16.6. The van der Waals surface area contributed by atoms with Gasteiger partial charge >= 0.3 is 0 Å². The lowest BCUT2D eigenvalue weighted by atomic mass is 10.1. The van der Waals surface area contributed by atoms with Crippen LogP contribution in [0.1, 0.15) is 29.8 Å². The van der Waals surface area contributed by atoms with E-state index in [4.69, 9.17) is 4.74 Å². The van der Waals surface area contributed by atoms with E-state index in [-0.39, 0.29) is 17.6 Å². The van der Waals surface area contributed by atoms with Gasteiger partial charge in [-0.25, -0.2) is 0 Å². The van der Waals surface area contributed by atoms with E-state index in [0.717, 1.165) is 25.8 Å². The first-order valence-corrected chi connectivity index (χ1v) is 6.87. The molecule has 1 aromatic rings. The number of nitro groups is 1. The minimum absolute atomic E-state index is 0.0749. The lowest BCUT2D eigenvalue weighted by molar-refractivity contribution is -0.384. The molecule has 1 saturated carbocycles. The molecule has 2 fully saturated rings. The molecule has 1 N–H and O–H groups in total. The van der Waals surface area contributed by atoms with Crippen LogP contribution in [0.25, 0.3) is 0 Å². The van der Waals surface area contributed by atoms with Gasteiger partial charge in [0.15, 0.2) is 5.78 Å². The largest absolute Gasteiger partial charge is 0.375 e. The van der Waals surface area contributed by atoms with Gasteiger partial charge in [0.25, 0.3) is 5.69 Å². The number of morpholine rings is 1. The second kappa shape index (κ2) is 5.34. The van der Waals surface area contributed by atoms with Crippen LogP contribution in [-0.2, 0) is 4.74 Å². The SMILES string of the molecule is O=C(CN1CCOC2CCCC21)c1cc([N+](=O)[O-])c[nH]1. The fourth-order valence-corrected chi connectivity index (χ4v) is 3.12. The average molecular weight is 279 g/mol. The van der Waals surface area contributed by atoms with Gasteiger partial charge in [0, 0.05) is 18.7 Å². The van der Waals surface area contributed by atoms with Gasteiger partial charge in [-0.3, -0.25) is 19.8 Å². The molecule has 0 spiro atoms. The zero-order valence-electron chi connectivity index (χ0n) is 11.1. The van der Waals surface area contributed by atoms with Crippen molar-refractivity contribution >= 4 is 11.5 Å². The van der Waals surface area contributed by atoms with Gasteiger partial charge in [0.1, 0.15) is 0 Å². The number of ether oxygens (including phenoxy) is 1. The predicted molar refractivity (Wildman–Crippen MR) is 70.7 cm³/mol. The van der Waals surface area contributed by atoms with Gasteiger partial charge in [-0.2, -0.15) is 0 Å². The van der Waals surface area contributed by atoms with Crippen LogP contribution in [-0.4, -0.2) is 52.4 Å². The summed E-state index contributed by atoms with van der Waals surface area (Å²) in [5.41, 5.74) is 0.229. The quantitative estimate of drug-likeness (QED) is 0.510. The topological polar surface area (TPSA) is 88.5 Å². The van der Waals surface area contributed by atoms with Crippen LogP contribution >= 0.6 is 0 Å². The van der Waals surface area contributed by atoms with Crippen molar-refractivity contribution in [1.82, 2.24) is 9.88 Å². The van der Waals surface area contributed by atoms with E-state index in [1.807, 2.05) is 0 Å². The number of nitrogens with one attached hydrogen (secondary N) is 1. The van der Waals surface area contributed by atoms with Gasteiger partial charge in [-0.1, -0.05) is 0 Å². The second-order valence-electron chi connectivity index (χ2n) is 5.33. The third-order valence-corrected chi connectivity index (χ3v) is 4.12. The molecule has 2 atom stereocenters. The summed E-state index contributed by atoms with van der Waals surface area (Å²) in [5.74, 6) is -0.106. The smallest absolute Gasteiger partial charge is 0.287 e. The lowest BCUT2D eigenvalue weighted by Gasteiger charge is -2.37. The molecule has 1 aliphatic heterocycles. The molecule has 0 amide bonds. The van der Waals surface area contributed by atoms with Crippen molar-refractivity contribution in [3.8, 4) is 0 Å². The Morgan fingerprint density at radius 3 is 3.15 bits per heavy atom. The standard InChI is InChI=1S/C13H17N3O4/c17-12(10-6-9(7-14-10)16(18)19)8-15-4-5-20-13-3-1-2-11(13)15/h6-7,11,13-14H,1-5,8H2. The Labute approximate surface area is 116 Å². The average Bonchev–Trinajstić information content (AvgIpc) is 3.08. The maximum absolute atomic E-state index is 12.2. The number of hydrogen-bond donors (Lipinski definition) is 1. The summed E-state index contributed by atoms with van der Waals surface area (Å²) in [6.45, 7) is 1.69. The molecule has 2 heterocycles. The summed E-state index contributed by atoms with van der Waals surface area (Å²) in [6, 6.07) is 1.62. The number of fused-ring (bicyclic) bond motifs is 1. The monoisotopic (exact) mass is 279 g/mol. The van der Waals surface area contributed by atoms with Gasteiger partial charge in [-0.15, -0.1) is 0 Å². The molecule has 2 aliphatic rings. The molecule has 1 saturated heterocycles. The Balaban J connectivity index is 1.67. The molecule has 1 aliphatic carbocycles. The van der Waals surface area contributed by atoms with Crippen LogP contribution in [0.2, 0.25) is 0 Å². The fourth-order valence-electron chi connectivity index (χ4n) is 3.12. The Bertz CT molecular complexity index is 527. The van der Waals surface area contributed by atoms with Crippen molar-refractivity contribution in [3.05, 3.63) is 28.1 Å². The van der Waals surface area contributed by atoms with Crippen LogP contribution in [0.4, 0.5) is 5.69 Å². The third-order valence-electron chi connectivity index (χ3n) is 4.12. The first-order valence-electron chi connectivity index (χ1n) is 6.87. The zero-order valence-corrected chi connectivity index (χ0v) is 11.1. The zero-order chi connectivity index (χ0) is 14.1. The van der Waals surface area contributed by atoms with E-state index in [9.17, 15) is 14.9 Å². The van der Waals surface area contributed by atoms with Gasteiger partial charge in [0.2, 0.25) is 0 Å². The van der Waals surface area contributed by atoms with E-state index in [1.54, 1.807) is 0 Å². The number of hydrogen-bond acceptors (Lipinski definition) is 5. The molecule has 0 aromatic carbocycles. The molecule has 7 heteroatoms. The van der Waals surface area contributed by atoms with Gasteiger partial charge in [-0.05, 0) is 19.3 Å². The number of aromatic amines is 1. The van der Waals surface area contributed by atoms with Crippen LogP contribution in [0, 0.1) is 10.1 Å². The summed E-state index contributed by atoms with van der Waals surface area (Å²) in [7, 11) is 0. The van der Waals surface area contributed by atoms with E-state index < -0.39 is 4.92 Å². The number of nitrogens with zero attached hydrogens (tertiary/aromatic N) is 2. The molecular weight excluding hydrogens is 262 g/mol. The summed E-state index contributed by atoms with van der Waals surface area (Å²) < 4.78 is 5.70. The van der Waals surface area contributed by atoms with Crippen LogP contribution < -0.4 is 0 Å². The number of aromatic nitrogens is 1. The maximum atomic E-state index is 12.2. The normalized spacial score (nSPS) is 26.4.